The molecule has 3 nitrogen and oxygen atoms in total. The molecule has 0 aromatic carbocycles. The SMILES string of the molecule is C=C=NCC(=O)CC=O. The van der Waals surface area contributed by atoms with Crippen molar-refractivity contribution >= 4 is 17.9 Å². The third-order valence-corrected chi connectivity index (χ3v) is 0.678. The van der Waals surface area contributed by atoms with E-state index in [0.29, 0.717) is 6.29 Å². The van der Waals surface area contributed by atoms with E-state index in [1.165, 1.54) is 0 Å². The molecular formula is C6H7NO2. The summed E-state index contributed by atoms with van der Waals surface area (Å²) in [5.41, 5.74) is 0. The van der Waals surface area contributed by atoms with Crippen molar-refractivity contribution < 1.29 is 9.59 Å². The van der Waals surface area contributed by atoms with Gasteiger partial charge >= 0.3 is 0 Å². The molecule has 0 aliphatic heterocycles. The molecule has 48 valence electrons. The van der Waals surface area contributed by atoms with E-state index in [1.54, 1.807) is 0 Å². The molecule has 0 spiro atoms. The fraction of sp³-hybridized carbons (Fsp3) is 0.333. The second-order valence-corrected chi connectivity index (χ2v) is 1.38. The summed E-state index contributed by atoms with van der Waals surface area (Å²) in [6.45, 7) is 3.18. The molecule has 0 aromatic rings. The Hall–Kier alpha value is -1.21. The number of hydrogen-bond acceptors (Lipinski definition) is 3. The van der Waals surface area contributed by atoms with Gasteiger partial charge in [-0.3, -0.25) is 4.79 Å². The zero-order valence-corrected chi connectivity index (χ0v) is 4.96. The monoisotopic (exact) mass is 125 g/mol. The Labute approximate surface area is 53.1 Å². The standard InChI is InChI=1S/C6H7NO2/c1-2-7-5-6(9)3-4-8/h4H,1,3,5H2. The first-order chi connectivity index (χ1) is 4.31. The van der Waals surface area contributed by atoms with Crippen LogP contribution in [0.3, 0.4) is 0 Å². The number of Topliss-reactive ketones (excluding diaryl/α,β-unsaturated/α-hetero) is 1. The Morgan fingerprint density at radius 3 is 2.89 bits per heavy atom. The van der Waals surface area contributed by atoms with Crippen molar-refractivity contribution in [1.29, 1.82) is 0 Å². The van der Waals surface area contributed by atoms with Gasteiger partial charge in [0.15, 0.2) is 5.78 Å². The lowest BCUT2D eigenvalue weighted by Crippen LogP contribution is -2.01. The van der Waals surface area contributed by atoms with E-state index in [1.807, 2.05) is 0 Å². The maximum absolute atomic E-state index is 10.4. The lowest BCUT2D eigenvalue weighted by Gasteiger charge is -1.83. The second kappa shape index (κ2) is 4.94. The summed E-state index contributed by atoms with van der Waals surface area (Å²) in [7, 11) is 0. The van der Waals surface area contributed by atoms with Crippen molar-refractivity contribution in [2.75, 3.05) is 6.54 Å². The molecule has 9 heavy (non-hydrogen) atoms. The van der Waals surface area contributed by atoms with Gasteiger partial charge in [-0.1, -0.05) is 0 Å². The summed E-state index contributed by atoms with van der Waals surface area (Å²) in [5, 5.41) is 0. The van der Waals surface area contributed by atoms with Crippen LogP contribution in [0.1, 0.15) is 6.42 Å². The van der Waals surface area contributed by atoms with Gasteiger partial charge in [-0.25, -0.2) is 4.99 Å². The number of hydrogen-bond donors (Lipinski definition) is 0. The van der Waals surface area contributed by atoms with Gasteiger partial charge < -0.3 is 4.79 Å². The van der Waals surface area contributed by atoms with E-state index in [0.717, 1.165) is 0 Å². The van der Waals surface area contributed by atoms with Crippen LogP contribution in [0.5, 0.6) is 0 Å². The Morgan fingerprint density at radius 2 is 2.44 bits per heavy atom. The average Bonchev–Trinajstić information content (AvgIpc) is 1.85. The molecule has 0 saturated carbocycles. The maximum atomic E-state index is 10.4. The minimum absolute atomic E-state index is 0.0161. The maximum Gasteiger partial charge on any atom is 0.162 e. The van der Waals surface area contributed by atoms with Crippen LogP contribution in [-0.2, 0) is 9.59 Å². The minimum Gasteiger partial charge on any atom is -0.303 e. The number of aliphatic imine (C=N–C) groups is 1. The van der Waals surface area contributed by atoms with Crippen LogP contribution in [-0.4, -0.2) is 24.5 Å². The van der Waals surface area contributed by atoms with Gasteiger partial charge in [-0.2, -0.15) is 0 Å². The molecule has 0 heterocycles. The van der Waals surface area contributed by atoms with Crippen molar-refractivity contribution in [2.24, 2.45) is 4.99 Å². The van der Waals surface area contributed by atoms with E-state index in [9.17, 15) is 9.59 Å². The van der Waals surface area contributed by atoms with Gasteiger partial charge in [0.05, 0.1) is 6.42 Å². The van der Waals surface area contributed by atoms with Crippen LogP contribution < -0.4 is 0 Å². The Balaban J connectivity index is 3.50. The van der Waals surface area contributed by atoms with E-state index in [-0.39, 0.29) is 18.7 Å². The van der Waals surface area contributed by atoms with Crippen molar-refractivity contribution in [3.8, 4) is 0 Å². The van der Waals surface area contributed by atoms with Gasteiger partial charge in [0.25, 0.3) is 0 Å². The van der Waals surface area contributed by atoms with Crippen LogP contribution >= 0.6 is 0 Å². The molecule has 0 amide bonds. The molecule has 0 fully saturated rings. The quantitative estimate of drug-likeness (QED) is 0.301. The smallest absolute Gasteiger partial charge is 0.162 e. The lowest BCUT2D eigenvalue weighted by atomic mass is 10.3. The Bertz CT molecular complexity index is 156. The van der Waals surface area contributed by atoms with Crippen molar-refractivity contribution in [3.63, 3.8) is 0 Å². The first-order valence-corrected chi connectivity index (χ1v) is 2.45. The summed E-state index contributed by atoms with van der Waals surface area (Å²) in [6.07, 6.45) is 0.492. The zero-order valence-electron chi connectivity index (χ0n) is 4.96. The number of carbonyl (C=O) groups is 2. The summed E-state index contributed by atoms with van der Waals surface area (Å²) >= 11 is 0. The van der Waals surface area contributed by atoms with Gasteiger partial charge in [0.1, 0.15) is 12.8 Å². The summed E-state index contributed by atoms with van der Waals surface area (Å²) < 4.78 is 0. The fourth-order valence-corrected chi connectivity index (χ4v) is 0.302. The zero-order chi connectivity index (χ0) is 7.11. The highest BCUT2D eigenvalue weighted by Crippen LogP contribution is 1.77. The molecule has 0 aliphatic carbocycles. The van der Waals surface area contributed by atoms with Crippen LogP contribution in [0.25, 0.3) is 0 Å². The molecule has 0 N–H and O–H groups in total. The Morgan fingerprint density at radius 1 is 1.78 bits per heavy atom. The number of ketones is 1. The molecule has 0 saturated heterocycles. The highest BCUT2D eigenvalue weighted by Gasteiger charge is 1.95. The number of rotatable bonds is 4. The molecule has 0 bridgehead atoms. The molecule has 0 unspecified atom stereocenters. The summed E-state index contributed by atoms with van der Waals surface area (Å²) in [5.74, 6) is 1.99. The molecule has 0 aromatic heterocycles. The second-order valence-electron chi connectivity index (χ2n) is 1.38. The van der Waals surface area contributed by atoms with E-state index >= 15 is 0 Å². The highest BCUT2D eigenvalue weighted by molar-refractivity contribution is 5.91. The predicted octanol–water partition coefficient (Wildman–Crippen LogP) is 0.000200. The first-order valence-electron chi connectivity index (χ1n) is 2.45. The van der Waals surface area contributed by atoms with Gasteiger partial charge in [0, 0.05) is 0 Å². The van der Waals surface area contributed by atoms with Crippen LogP contribution in [0.4, 0.5) is 0 Å². The normalized spacial score (nSPS) is 7.56. The minimum atomic E-state index is -0.207. The lowest BCUT2D eigenvalue weighted by molar-refractivity contribution is -0.121. The molecule has 0 atom stereocenters. The molecule has 0 radical (unpaired) electrons. The van der Waals surface area contributed by atoms with Crippen LogP contribution in [0.2, 0.25) is 0 Å². The predicted molar refractivity (Wildman–Crippen MR) is 33.6 cm³/mol. The first kappa shape index (κ1) is 7.79. The fourth-order valence-electron chi connectivity index (χ4n) is 0.302. The van der Waals surface area contributed by atoms with Crippen molar-refractivity contribution in [1.82, 2.24) is 0 Å². The number of carbonyl (C=O) groups excluding carboxylic acids is 2. The van der Waals surface area contributed by atoms with E-state index in [4.69, 9.17) is 0 Å². The average molecular weight is 125 g/mol. The summed E-state index contributed by atoms with van der Waals surface area (Å²) in [6, 6.07) is 0. The molecule has 3 heteroatoms. The van der Waals surface area contributed by atoms with Crippen LogP contribution in [0, 0.1) is 0 Å². The van der Waals surface area contributed by atoms with Gasteiger partial charge in [0.2, 0.25) is 0 Å². The molecule has 0 rings (SSSR count). The van der Waals surface area contributed by atoms with Crippen molar-refractivity contribution in [3.05, 3.63) is 6.58 Å². The molecular weight excluding hydrogens is 118 g/mol. The van der Waals surface area contributed by atoms with Crippen LogP contribution in [0.15, 0.2) is 11.6 Å². The Kier molecular flexibility index (Phi) is 4.27. The summed E-state index contributed by atoms with van der Waals surface area (Å²) in [4.78, 5) is 23.5. The number of nitrogens with zero attached hydrogens (tertiary/aromatic N) is 1. The van der Waals surface area contributed by atoms with E-state index in [2.05, 4.69) is 17.4 Å². The topological polar surface area (TPSA) is 46.5 Å². The number of aldehydes is 1. The van der Waals surface area contributed by atoms with Crippen molar-refractivity contribution in [2.45, 2.75) is 6.42 Å². The third-order valence-electron chi connectivity index (χ3n) is 0.678. The van der Waals surface area contributed by atoms with E-state index < -0.39 is 0 Å². The molecule has 0 aliphatic rings. The highest BCUT2D eigenvalue weighted by atomic mass is 16.1. The largest absolute Gasteiger partial charge is 0.303 e. The third kappa shape index (κ3) is 4.65. The van der Waals surface area contributed by atoms with Gasteiger partial charge in [-0.05, 0) is 12.4 Å². The van der Waals surface area contributed by atoms with Gasteiger partial charge in [-0.15, -0.1) is 0 Å².